The van der Waals surface area contributed by atoms with Crippen LogP contribution < -0.4 is 9.47 Å². The average Bonchev–Trinajstić information content (AvgIpc) is 3.22. The lowest BCUT2D eigenvalue weighted by atomic mass is 9.97. The Hall–Kier alpha value is -3.87. The SMILES string of the molecule is COc1cc(F)c(F)cc1-c1ccc(OCc2ccc3c(C(C)CC(=O)O)c[nH]c3c2)cc1. The van der Waals surface area contributed by atoms with Crippen molar-refractivity contribution >= 4 is 16.9 Å². The van der Waals surface area contributed by atoms with Gasteiger partial charge in [0.2, 0.25) is 0 Å². The lowest BCUT2D eigenvalue weighted by molar-refractivity contribution is -0.137. The third-order valence-electron chi connectivity index (χ3n) is 5.60. The van der Waals surface area contributed by atoms with E-state index < -0.39 is 17.6 Å². The zero-order valence-electron chi connectivity index (χ0n) is 18.2. The highest BCUT2D eigenvalue weighted by Gasteiger charge is 2.15. The Labute approximate surface area is 189 Å². The standard InChI is InChI=1S/C26H23F2NO4/c1-15(9-26(30)31)21-13-29-24-10-16(3-8-19(21)24)14-33-18-6-4-17(5-7-18)20-11-22(27)23(28)12-25(20)32-2/h3-8,10-13,15,29H,9,14H2,1-2H3,(H,30,31). The molecule has 0 aliphatic rings. The minimum atomic E-state index is -0.960. The molecule has 0 bridgehead atoms. The Kier molecular flexibility index (Phi) is 6.31. The van der Waals surface area contributed by atoms with Crippen molar-refractivity contribution in [1.29, 1.82) is 0 Å². The number of nitrogens with one attached hydrogen (secondary N) is 1. The highest BCUT2D eigenvalue weighted by atomic mass is 19.2. The Morgan fingerprint density at radius 3 is 2.48 bits per heavy atom. The van der Waals surface area contributed by atoms with Crippen molar-refractivity contribution < 1.29 is 28.2 Å². The molecule has 0 saturated heterocycles. The lowest BCUT2D eigenvalue weighted by Crippen LogP contribution is -2.02. The van der Waals surface area contributed by atoms with E-state index in [2.05, 4.69) is 4.98 Å². The molecule has 0 spiro atoms. The fraction of sp³-hybridized carbons (Fsp3) is 0.192. The molecule has 1 aromatic heterocycles. The lowest BCUT2D eigenvalue weighted by Gasteiger charge is -2.11. The molecule has 0 amide bonds. The van der Waals surface area contributed by atoms with Crippen LogP contribution >= 0.6 is 0 Å². The van der Waals surface area contributed by atoms with Crippen molar-refractivity contribution in [3.8, 4) is 22.6 Å². The maximum Gasteiger partial charge on any atom is 0.303 e. The van der Waals surface area contributed by atoms with Crippen molar-refractivity contribution in [3.05, 3.63) is 83.6 Å². The van der Waals surface area contributed by atoms with E-state index in [9.17, 15) is 13.6 Å². The minimum absolute atomic E-state index is 0.0737. The summed E-state index contributed by atoms with van der Waals surface area (Å²) >= 11 is 0. The molecule has 0 saturated carbocycles. The molecule has 33 heavy (non-hydrogen) atoms. The first-order chi connectivity index (χ1) is 15.9. The number of benzene rings is 3. The first-order valence-electron chi connectivity index (χ1n) is 10.4. The number of hydrogen-bond acceptors (Lipinski definition) is 3. The Morgan fingerprint density at radius 2 is 1.79 bits per heavy atom. The number of fused-ring (bicyclic) bond motifs is 1. The van der Waals surface area contributed by atoms with Crippen LogP contribution in [-0.4, -0.2) is 23.2 Å². The summed E-state index contributed by atoms with van der Waals surface area (Å²) in [4.78, 5) is 14.2. The van der Waals surface area contributed by atoms with Crippen LogP contribution in [0.1, 0.15) is 30.4 Å². The molecule has 1 atom stereocenters. The Balaban J connectivity index is 1.46. The number of methoxy groups -OCH3 is 1. The molecule has 0 aliphatic carbocycles. The number of aromatic amines is 1. The number of halogens is 2. The van der Waals surface area contributed by atoms with Crippen molar-refractivity contribution in [2.24, 2.45) is 0 Å². The van der Waals surface area contributed by atoms with Crippen molar-refractivity contribution in [2.75, 3.05) is 7.11 Å². The van der Waals surface area contributed by atoms with Crippen LogP contribution in [0.3, 0.4) is 0 Å². The van der Waals surface area contributed by atoms with Gasteiger partial charge in [0.25, 0.3) is 0 Å². The molecule has 0 radical (unpaired) electrons. The Bertz CT molecular complexity index is 1300. The first kappa shape index (κ1) is 22.3. The summed E-state index contributed by atoms with van der Waals surface area (Å²) in [5.41, 5.74) is 3.97. The van der Waals surface area contributed by atoms with Crippen LogP contribution in [0.25, 0.3) is 22.0 Å². The molecule has 0 fully saturated rings. The van der Waals surface area contributed by atoms with Crippen LogP contribution in [0.4, 0.5) is 8.78 Å². The number of H-pyrrole nitrogens is 1. The fourth-order valence-electron chi connectivity index (χ4n) is 3.89. The van der Waals surface area contributed by atoms with E-state index in [1.54, 1.807) is 24.3 Å². The Morgan fingerprint density at radius 1 is 1.06 bits per heavy atom. The van der Waals surface area contributed by atoms with Crippen molar-refractivity contribution in [2.45, 2.75) is 25.9 Å². The summed E-state index contributed by atoms with van der Waals surface area (Å²) in [6.07, 6.45) is 1.93. The molecule has 2 N–H and O–H groups in total. The van der Waals surface area contributed by atoms with Gasteiger partial charge in [0.15, 0.2) is 11.6 Å². The number of aromatic nitrogens is 1. The molecule has 5 nitrogen and oxygen atoms in total. The van der Waals surface area contributed by atoms with Crippen LogP contribution in [0.5, 0.6) is 11.5 Å². The largest absolute Gasteiger partial charge is 0.496 e. The van der Waals surface area contributed by atoms with Crippen molar-refractivity contribution in [3.63, 3.8) is 0 Å². The molecule has 3 aromatic carbocycles. The van der Waals surface area contributed by atoms with Crippen molar-refractivity contribution in [1.82, 2.24) is 4.98 Å². The van der Waals surface area contributed by atoms with Gasteiger partial charge < -0.3 is 19.6 Å². The smallest absolute Gasteiger partial charge is 0.303 e. The highest BCUT2D eigenvalue weighted by molar-refractivity contribution is 5.85. The van der Waals surface area contributed by atoms with E-state index in [0.29, 0.717) is 23.5 Å². The summed E-state index contributed by atoms with van der Waals surface area (Å²) in [5, 5.41) is 10.0. The highest BCUT2D eigenvalue weighted by Crippen LogP contribution is 2.33. The second-order valence-corrected chi connectivity index (χ2v) is 7.90. The normalized spacial score (nSPS) is 12.0. The molecule has 170 valence electrons. The molecule has 1 unspecified atom stereocenters. The number of carbonyl (C=O) groups is 1. The second kappa shape index (κ2) is 9.32. The van der Waals surface area contributed by atoms with Gasteiger partial charge in [-0.1, -0.05) is 31.2 Å². The van der Waals surface area contributed by atoms with E-state index in [1.165, 1.54) is 7.11 Å². The van der Waals surface area contributed by atoms with Gasteiger partial charge in [-0.25, -0.2) is 8.78 Å². The van der Waals surface area contributed by atoms with Gasteiger partial charge in [-0.2, -0.15) is 0 Å². The number of hydrogen-bond donors (Lipinski definition) is 2. The zero-order chi connectivity index (χ0) is 23.5. The quantitative estimate of drug-likeness (QED) is 0.331. The number of carboxylic acid groups (broad SMARTS) is 1. The zero-order valence-corrected chi connectivity index (χ0v) is 18.2. The van der Waals surface area contributed by atoms with Gasteiger partial charge in [-0.3, -0.25) is 4.79 Å². The summed E-state index contributed by atoms with van der Waals surface area (Å²) in [7, 11) is 1.41. The van der Waals surface area contributed by atoms with E-state index in [0.717, 1.165) is 34.2 Å². The van der Waals surface area contributed by atoms with Gasteiger partial charge in [-0.05, 0) is 46.9 Å². The molecular formula is C26H23F2NO4. The second-order valence-electron chi connectivity index (χ2n) is 7.90. The van der Waals surface area contributed by atoms with Crippen LogP contribution in [0, 0.1) is 11.6 Å². The predicted octanol–water partition coefficient (Wildman–Crippen LogP) is 6.28. The van der Waals surface area contributed by atoms with E-state index in [-0.39, 0.29) is 18.1 Å². The average molecular weight is 451 g/mol. The van der Waals surface area contributed by atoms with E-state index in [4.69, 9.17) is 14.6 Å². The van der Waals surface area contributed by atoms with Crippen LogP contribution in [0.2, 0.25) is 0 Å². The number of carboxylic acids is 1. The monoisotopic (exact) mass is 451 g/mol. The third kappa shape index (κ3) is 4.82. The summed E-state index contributed by atoms with van der Waals surface area (Å²) in [5.74, 6) is -1.94. The van der Waals surface area contributed by atoms with Gasteiger partial charge in [0, 0.05) is 28.7 Å². The summed E-state index contributed by atoms with van der Waals surface area (Å²) in [6, 6.07) is 15.1. The van der Waals surface area contributed by atoms with Gasteiger partial charge in [0.05, 0.1) is 13.5 Å². The molecular weight excluding hydrogens is 428 g/mol. The molecule has 0 aliphatic heterocycles. The molecule has 4 rings (SSSR count). The molecule has 7 heteroatoms. The first-order valence-corrected chi connectivity index (χ1v) is 10.4. The number of ether oxygens (including phenoxy) is 2. The van der Waals surface area contributed by atoms with Gasteiger partial charge in [0.1, 0.15) is 18.1 Å². The van der Waals surface area contributed by atoms with E-state index >= 15 is 0 Å². The van der Waals surface area contributed by atoms with Gasteiger partial charge in [-0.15, -0.1) is 0 Å². The van der Waals surface area contributed by atoms with Gasteiger partial charge >= 0.3 is 5.97 Å². The molecule has 4 aromatic rings. The maximum absolute atomic E-state index is 13.7. The predicted molar refractivity (Wildman–Crippen MR) is 122 cm³/mol. The summed E-state index contributed by atoms with van der Waals surface area (Å²) in [6.45, 7) is 2.23. The van der Waals surface area contributed by atoms with E-state index in [1.807, 2.05) is 31.3 Å². The van der Waals surface area contributed by atoms with Crippen LogP contribution in [0.15, 0.2) is 60.8 Å². The minimum Gasteiger partial charge on any atom is -0.496 e. The fourth-order valence-corrected chi connectivity index (χ4v) is 3.89. The topological polar surface area (TPSA) is 71.6 Å². The number of aliphatic carboxylic acids is 1. The maximum atomic E-state index is 13.7. The molecule has 1 heterocycles. The summed E-state index contributed by atoms with van der Waals surface area (Å²) < 4.78 is 38.2. The third-order valence-corrected chi connectivity index (χ3v) is 5.60. The number of rotatable bonds is 8. The van der Waals surface area contributed by atoms with Crippen LogP contribution in [-0.2, 0) is 11.4 Å².